The number of ether oxygens (including phenoxy) is 1. The van der Waals surface area contributed by atoms with E-state index in [0.717, 1.165) is 16.8 Å². The van der Waals surface area contributed by atoms with E-state index in [9.17, 15) is 9.59 Å². The van der Waals surface area contributed by atoms with Gasteiger partial charge in [0.2, 0.25) is 5.76 Å². The second kappa shape index (κ2) is 8.06. The van der Waals surface area contributed by atoms with Gasteiger partial charge < -0.3 is 9.15 Å². The zero-order chi connectivity index (χ0) is 23.1. The van der Waals surface area contributed by atoms with Crippen LogP contribution in [0.5, 0.6) is 5.75 Å². The molecule has 0 saturated carbocycles. The quantitative estimate of drug-likeness (QED) is 0.405. The molecule has 0 bridgehead atoms. The van der Waals surface area contributed by atoms with E-state index in [1.165, 1.54) is 4.90 Å². The number of fused-ring (bicyclic) bond motifs is 2. The minimum absolute atomic E-state index is 0.0524. The Hall–Kier alpha value is -4.19. The van der Waals surface area contributed by atoms with Gasteiger partial charge in [-0.1, -0.05) is 42.5 Å². The van der Waals surface area contributed by atoms with Gasteiger partial charge in [0.15, 0.2) is 5.43 Å². The van der Waals surface area contributed by atoms with Gasteiger partial charge in [0.1, 0.15) is 23.8 Å². The molecule has 5 rings (SSSR count). The number of pyridine rings is 1. The number of rotatable bonds is 5. The second-order valence-corrected chi connectivity index (χ2v) is 8.06. The Morgan fingerprint density at radius 2 is 1.88 bits per heavy atom. The fourth-order valence-electron chi connectivity index (χ4n) is 4.20. The van der Waals surface area contributed by atoms with Crippen molar-refractivity contribution in [3.8, 4) is 5.75 Å². The summed E-state index contributed by atoms with van der Waals surface area (Å²) in [4.78, 5) is 33.3. The summed E-state index contributed by atoms with van der Waals surface area (Å²) in [6, 6.07) is 17.5. The van der Waals surface area contributed by atoms with E-state index in [0.29, 0.717) is 34.7 Å². The number of hydrogen-bond acceptors (Lipinski definition) is 5. The number of hydrogen-bond donors (Lipinski definition) is 0. The van der Waals surface area contributed by atoms with Gasteiger partial charge in [-0.15, -0.1) is 0 Å². The predicted octanol–water partition coefficient (Wildman–Crippen LogP) is 5.12. The van der Waals surface area contributed by atoms with Crippen molar-refractivity contribution in [3.63, 3.8) is 0 Å². The zero-order valence-corrected chi connectivity index (χ0v) is 18.4. The fourth-order valence-corrected chi connectivity index (χ4v) is 4.20. The predicted molar refractivity (Wildman–Crippen MR) is 127 cm³/mol. The van der Waals surface area contributed by atoms with Crippen LogP contribution in [0, 0.1) is 13.8 Å². The molecule has 6 heteroatoms. The highest BCUT2D eigenvalue weighted by Gasteiger charge is 2.44. The molecule has 0 aliphatic carbocycles. The first-order valence-corrected chi connectivity index (χ1v) is 10.7. The minimum Gasteiger partial charge on any atom is -0.490 e. The number of carbonyl (C=O) groups excluding carboxylic acids is 1. The third-order valence-electron chi connectivity index (χ3n) is 5.71. The maximum absolute atomic E-state index is 13.7. The van der Waals surface area contributed by atoms with E-state index in [-0.39, 0.29) is 17.1 Å². The molecule has 164 valence electrons. The summed E-state index contributed by atoms with van der Waals surface area (Å²) >= 11 is 0. The maximum atomic E-state index is 13.7. The Labute approximate surface area is 190 Å². The second-order valence-electron chi connectivity index (χ2n) is 8.06. The number of aromatic nitrogens is 1. The lowest BCUT2D eigenvalue weighted by Crippen LogP contribution is -2.30. The van der Waals surface area contributed by atoms with Gasteiger partial charge in [-0.25, -0.2) is 4.98 Å². The first-order valence-electron chi connectivity index (χ1n) is 10.7. The van der Waals surface area contributed by atoms with Gasteiger partial charge in [-0.2, -0.15) is 0 Å². The molecule has 1 atom stereocenters. The van der Waals surface area contributed by atoms with Crippen LogP contribution in [0.3, 0.4) is 0 Å². The normalized spacial score (nSPS) is 15.0. The Bertz CT molecular complexity index is 1450. The molecule has 0 saturated heterocycles. The van der Waals surface area contributed by atoms with Crippen LogP contribution in [-0.2, 0) is 0 Å². The average molecular weight is 438 g/mol. The molecule has 0 N–H and O–H groups in total. The number of amides is 1. The summed E-state index contributed by atoms with van der Waals surface area (Å²) < 4.78 is 11.6. The van der Waals surface area contributed by atoms with Crippen LogP contribution in [0.2, 0.25) is 0 Å². The molecule has 1 amide bonds. The van der Waals surface area contributed by atoms with Crippen LogP contribution in [0.4, 0.5) is 5.82 Å². The molecule has 0 spiro atoms. The zero-order valence-electron chi connectivity index (χ0n) is 18.4. The Kier molecular flexibility index (Phi) is 5.05. The first kappa shape index (κ1) is 20.7. The third kappa shape index (κ3) is 3.49. The molecular formula is C27H22N2O4. The van der Waals surface area contributed by atoms with Crippen LogP contribution < -0.4 is 15.1 Å². The van der Waals surface area contributed by atoms with Crippen molar-refractivity contribution < 1.29 is 13.9 Å². The maximum Gasteiger partial charge on any atom is 0.296 e. The Morgan fingerprint density at radius 1 is 1.09 bits per heavy atom. The monoisotopic (exact) mass is 438 g/mol. The van der Waals surface area contributed by atoms with Crippen LogP contribution in [-0.4, -0.2) is 17.5 Å². The fraction of sp³-hybridized carbons (Fsp3) is 0.148. The lowest BCUT2D eigenvalue weighted by atomic mass is 9.98. The van der Waals surface area contributed by atoms with Crippen molar-refractivity contribution in [2.45, 2.75) is 19.9 Å². The van der Waals surface area contributed by atoms with Gasteiger partial charge >= 0.3 is 0 Å². The Morgan fingerprint density at radius 3 is 2.61 bits per heavy atom. The lowest BCUT2D eigenvalue weighted by molar-refractivity contribution is 0.0970. The summed E-state index contributed by atoms with van der Waals surface area (Å²) in [7, 11) is 0. The number of carbonyl (C=O) groups is 1. The van der Waals surface area contributed by atoms with Gasteiger partial charge in [0.05, 0.1) is 17.0 Å². The largest absolute Gasteiger partial charge is 0.490 e. The molecule has 2 aromatic heterocycles. The summed E-state index contributed by atoms with van der Waals surface area (Å²) in [5, 5.41) is 0.455. The van der Waals surface area contributed by atoms with Gasteiger partial charge in [0, 0.05) is 5.69 Å². The summed E-state index contributed by atoms with van der Waals surface area (Å²) in [6.07, 6.45) is 1.67. The van der Waals surface area contributed by atoms with E-state index in [1.54, 1.807) is 24.3 Å². The number of aryl methyl sites for hydroxylation is 2. The highest BCUT2D eigenvalue weighted by molar-refractivity contribution is 6.10. The highest BCUT2D eigenvalue weighted by Crippen LogP contribution is 2.41. The van der Waals surface area contributed by atoms with Gasteiger partial charge in [0.25, 0.3) is 5.91 Å². The summed E-state index contributed by atoms with van der Waals surface area (Å²) in [5.41, 5.74) is 2.97. The van der Waals surface area contributed by atoms with Crippen molar-refractivity contribution in [3.05, 3.63) is 112 Å². The molecule has 1 aliphatic rings. The molecule has 1 aliphatic heterocycles. The molecule has 2 aromatic carbocycles. The average Bonchev–Trinajstić information content (AvgIpc) is 3.11. The number of benzene rings is 2. The van der Waals surface area contributed by atoms with Gasteiger partial charge in [-0.05, 0) is 55.8 Å². The minimum atomic E-state index is -0.670. The van der Waals surface area contributed by atoms with Crippen LogP contribution in [0.1, 0.15) is 39.0 Å². The third-order valence-corrected chi connectivity index (χ3v) is 5.71. The molecule has 0 radical (unpaired) electrons. The van der Waals surface area contributed by atoms with Crippen LogP contribution in [0.15, 0.2) is 82.5 Å². The van der Waals surface area contributed by atoms with Crippen molar-refractivity contribution in [1.29, 1.82) is 0 Å². The van der Waals surface area contributed by atoms with E-state index >= 15 is 0 Å². The molecule has 6 nitrogen and oxygen atoms in total. The SMILES string of the molecule is C=CCOc1ccc(C2c3c(oc4ccc(C)cc4c3=O)C(=O)N2c2cccc(C)n2)cc1. The molecule has 4 aromatic rings. The molecule has 33 heavy (non-hydrogen) atoms. The molecular weight excluding hydrogens is 416 g/mol. The van der Waals surface area contributed by atoms with Crippen molar-refractivity contribution in [1.82, 2.24) is 4.98 Å². The van der Waals surface area contributed by atoms with E-state index in [4.69, 9.17) is 9.15 Å². The van der Waals surface area contributed by atoms with Crippen LogP contribution in [0.25, 0.3) is 11.0 Å². The highest BCUT2D eigenvalue weighted by atomic mass is 16.5. The first-order chi connectivity index (χ1) is 16.0. The van der Waals surface area contributed by atoms with E-state index in [2.05, 4.69) is 11.6 Å². The van der Waals surface area contributed by atoms with E-state index in [1.807, 2.05) is 56.3 Å². The van der Waals surface area contributed by atoms with Crippen molar-refractivity contribution in [2.24, 2.45) is 0 Å². The standard InChI is InChI=1S/C27H22N2O4/c1-4-14-32-19-11-9-18(10-12-19)24-23-25(30)20-15-16(2)8-13-21(20)33-26(23)27(31)29(24)22-7-5-6-17(3)28-22/h4-13,15,24H,1,14H2,2-3H3. The molecule has 0 fully saturated rings. The summed E-state index contributed by atoms with van der Waals surface area (Å²) in [6.45, 7) is 7.82. The van der Waals surface area contributed by atoms with Crippen molar-refractivity contribution in [2.75, 3.05) is 11.5 Å². The number of nitrogens with zero attached hydrogens (tertiary/aromatic N) is 2. The van der Waals surface area contributed by atoms with Crippen LogP contribution >= 0.6 is 0 Å². The van der Waals surface area contributed by atoms with Crippen molar-refractivity contribution >= 4 is 22.7 Å². The summed E-state index contributed by atoms with van der Waals surface area (Å²) in [5.74, 6) is 0.795. The molecule has 1 unspecified atom stereocenters. The van der Waals surface area contributed by atoms with E-state index < -0.39 is 6.04 Å². The van der Waals surface area contributed by atoms with Gasteiger partial charge in [-0.3, -0.25) is 14.5 Å². The smallest absolute Gasteiger partial charge is 0.296 e. The number of anilines is 1. The topological polar surface area (TPSA) is 72.6 Å². The molecule has 3 heterocycles. The lowest BCUT2D eigenvalue weighted by Gasteiger charge is -2.24. The Balaban J connectivity index is 1.73.